The van der Waals surface area contributed by atoms with Crippen molar-refractivity contribution in [1.82, 2.24) is 5.16 Å². The molecule has 0 aliphatic heterocycles. The third kappa shape index (κ3) is 2.64. The number of benzene rings is 2. The highest BCUT2D eigenvalue weighted by Crippen LogP contribution is 2.38. The average Bonchev–Trinajstić information content (AvgIpc) is 2.98. The molecule has 1 aliphatic carbocycles. The van der Waals surface area contributed by atoms with Crippen LogP contribution in [0.5, 0.6) is 5.75 Å². The van der Waals surface area contributed by atoms with Crippen LogP contribution in [0.3, 0.4) is 0 Å². The zero-order valence-corrected chi connectivity index (χ0v) is 12.4. The van der Waals surface area contributed by atoms with E-state index in [0.29, 0.717) is 11.3 Å². The van der Waals surface area contributed by atoms with Crippen molar-refractivity contribution in [3.8, 4) is 28.3 Å². The first-order valence-electron chi connectivity index (χ1n) is 7.44. The van der Waals surface area contributed by atoms with Crippen molar-refractivity contribution >= 4 is 0 Å². The van der Waals surface area contributed by atoms with Crippen LogP contribution in [0.25, 0.3) is 22.6 Å². The van der Waals surface area contributed by atoms with Gasteiger partial charge in [-0.2, -0.15) is 0 Å². The van der Waals surface area contributed by atoms with E-state index in [0.717, 1.165) is 29.7 Å². The van der Waals surface area contributed by atoms with Gasteiger partial charge in [-0.05, 0) is 42.7 Å². The summed E-state index contributed by atoms with van der Waals surface area (Å²) in [6.45, 7) is 0. The molecule has 0 saturated carbocycles. The number of hydrogen-bond acceptors (Lipinski definition) is 3. The first-order valence-corrected chi connectivity index (χ1v) is 7.44. The normalized spacial score (nSPS) is 13.3. The minimum absolute atomic E-state index is 0.259. The fourth-order valence-electron chi connectivity index (χ4n) is 3.02. The Kier molecular flexibility index (Phi) is 3.33. The standard InChI is InChI=1S/C18H12F3NO2/c19-18(20,21)23-13-8-5-12(6-9-13)17-15-10-7-11-3-1-2-4-14(11)16(15)22-24-17/h1-6,8-9H,7,10H2. The van der Waals surface area contributed by atoms with E-state index in [9.17, 15) is 13.2 Å². The Bertz CT molecular complexity index is 882. The van der Waals surface area contributed by atoms with E-state index < -0.39 is 6.36 Å². The fourth-order valence-corrected chi connectivity index (χ4v) is 3.02. The van der Waals surface area contributed by atoms with Gasteiger partial charge in [0.2, 0.25) is 0 Å². The number of fused-ring (bicyclic) bond motifs is 3. The van der Waals surface area contributed by atoms with E-state index in [2.05, 4.69) is 16.0 Å². The van der Waals surface area contributed by atoms with Gasteiger partial charge >= 0.3 is 6.36 Å². The molecule has 0 amide bonds. The molecule has 3 nitrogen and oxygen atoms in total. The molecule has 1 heterocycles. The molecule has 2 aromatic carbocycles. The number of rotatable bonds is 2. The van der Waals surface area contributed by atoms with Gasteiger partial charge in [-0.1, -0.05) is 29.4 Å². The number of aryl methyl sites for hydroxylation is 1. The van der Waals surface area contributed by atoms with Crippen LogP contribution in [-0.4, -0.2) is 11.5 Å². The van der Waals surface area contributed by atoms with Gasteiger partial charge in [0, 0.05) is 16.7 Å². The zero-order chi connectivity index (χ0) is 16.7. The van der Waals surface area contributed by atoms with Gasteiger partial charge in [0.1, 0.15) is 11.4 Å². The third-order valence-electron chi connectivity index (χ3n) is 4.06. The van der Waals surface area contributed by atoms with E-state index in [1.54, 1.807) is 12.1 Å². The number of aromatic nitrogens is 1. The first kappa shape index (κ1) is 14.8. The molecule has 1 aromatic heterocycles. The van der Waals surface area contributed by atoms with Gasteiger partial charge in [-0.25, -0.2) is 0 Å². The van der Waals surface area contributed by atoms with Crippen LogP contribution in [0, 0.1) is 0 Å². The fraction of sp³-hybridized carbons (Fsp3) is 0.167. The van der Waals surface area contributed by atoms with E-state index in [4.69, 9.17) is 4.52 Å². The van der Waals surface area contributed by atoms with Crippen molar-refractivity contribution < 1.29 is 22.4 Å². The second kappa shape index (κ2) is 5.40. The van der Waals surface area contributed by atoms with Gasteiger partial charge < -0.3 is 9.26 Å². The number of alkyl halides is 3. The zero-order valence-electron chi connectivity index (χ0n) is 12.4. The Morgan fingerprint density at radius 1 is 0.958 bits per heavy atom. The number of ether oxygens (including phenoxy) is 1. The summed E-state index contributed by atoms with van der Waals surface area (Å²) in [4.78, 5) is 0. The van der Waals surface area contributed by atoms with E-state index in [1.165, 1.54) is 17.7 Å². The lowest BCUT2D eigenvalue weighted by molar-refractivity contribution is -0.274. The molecular formula is C18H12F3NO2. The summed E-state index contributed by atoms with van der Waals surface area (Å²) < 4.78 is 46.1. The second-order valence-electron chi connectivity index (χ2n) is 5.57. The Morgan fingerprint density at radius 2 is 1.71 bits per heavy atom. The van der Waals surface area contributed by atoms with Crippen molar-refractivity contribution in [3.63, 3.8) is 0 Å². The number of nitrogens with zero attached hydrogens (tertiary/aromatic N) is 1. The predicted octanol–water partition coefficient (Wildman–Crippen LogP) is 5.01. The van der Waals surface area contributed by atoms with Gasteiger partial charge in [0.05, 0.1) is 0 Å². The SMILES string of the molecule is FC(F)(F)Oc1ccc(-c2onc3c2CCc2ccccc2-3)cc1. The topological polar surface area (TPSA) is 35.3 Å². The molecule has 24 heavy (non-hydrogen) atoms. The summed E-state index contributed by atoms with van der Waals surface area (Å²) in [7, 11) is 0. The Hall–Kier alpha value is -2.76. The lowest BCUT2D eigenvalue weighted by Gasteiger charge is -2.14. The van der Waals surface area contributed by atoms with Crippen LogP contribution in [0.2, 0.25) is 0 Å². The van der Waals surface area contributed by atoms with Crippen molar-refractivity contribution in [2.75, 3.05) is 0 Å². The minimum atomic E-state index is -4.70. The van der Waals surface area contributed by atoms with Crippen LogP contribution in [0.15, 0.2) is 53.1 Å². The molecule has 4 rings (SSSR count). The maximum absolute atomic E-state index is 12.2. The van der Waals surface area contributed by atoms with Crippen molar-refractivity contribution in [3.05, 3.63) is 59.7 Å². The van der Waals surface area contributed by atoms with Crippen LogP contribution in [0.4, 0.5) is 13.2 Å². The Labute approximate surface area is 135 Å². The van der Waals surface area contributed by atoms with Crippen molar-refractivity contribution in [2.24, 2.45) is 0 Å². The van der Waals surface area contributed by atoms with Crippen LogP contribution < -0.4 is 4.74 Å². The molecule has 122 valence electrons. The lowest BCUT2D eigenvalue weighted by Crippen LogP contribution is -2.16. The summed E-state index contributed by atoms with van der Waals surface area (Å²) in [6.07, 6.45) is -3.03. The summed E-state index contributed by atoms with van der Waals surface area (Å²) in [6, 6.07) is 13.6. The number of hydrogen-bond donors (Lipinski definition) is 0. The monoisotopic (exact) mass is 331 g/mol. The summed E-state index contributed by atoms with van der Waals surface area (Å²) in [5.41, 5.74) is 4.74. The van der Waals surface area contributed by atoms with Gasteiger partial charge in [-0.15, -0.1) is 13.2 Å². The lowest BCUT2D eigenvalue weighted by atomic mass is 9.88. The molecule has 0 radical (unpaired) electrons. The molecule has 0 saturated heterocycles. The Morgan fingerprint density at radius 3 is 2.46 bits per heavy atom. The molecule has 1 aliphatic rings. The molecule has 6 heteroatoms. The highest BCUT2D eigenvalue weighted by Gasteiger charge is 2.31. The summed E-state index contributed by atoms with van der Waals surface area (Å²) in [5, 5.41) is 4.17. The van der Waals surface area contributed by atoms with Gasteiger partial charge in [0.15, 0.2) is 5.76 Å². The number of halogens is 3. The van der Waals surface area contributed by atoms with Crippen LogP contribution in [-0.2, 0) is 12.8 Å². The van der Waals surface area contributed by atoms with Crippen molar-refractivity contribution in [2.45, 2.75) is 19.2 Å². The van der Waals surface area contributed by atoms with Gasteiger partial charge in [0.25, 0.3) is 0 Å². The molecule has 0 N–H and O–H groups in total. The molecule has 3 aromatic rings. The predicted molar refractivity (Wildman–Crippen MR) is 81.5 cm³/mol. The van der Waals surface area contributed by atoms with Gasteiger partial charge in [-0.3, -0.25) is 0 Å². The van der Waals surface area contributed by atoms with E-state index >= 15 is 0 Å². The summed E-state index contributed by atoms with van der Waals surface area (Å²) in [5.74, 6) is 0.336. The molecule has 0 spiro atoms. The van der Waals surface area contributed by atoms with E-state index in [-0.39, 0.29) is 5.75 Å². The maximum Gasteiger partial charge on any atom is 0.573 e. The van der Waals surface area contributed by atoms with Crippen LogP contribution in [0.1, 0.15) is 11.1 Å². The Balaban J connectivity index is 1.69. The second-order valence-corrected chi connectivity index (χ2v) is 5.57. The average molecular weight is 331 g/mol. The maximum atomic E-state index is 12.2. The smallest absolute Gasteiger partial charge is 0.406 e. The van der Waals surface area contributed by atoms with E-state index in [1.807, 2.05) is 18.2 Å². The highest BCUT2D eigenvalue weighted by molar-refractivity contribution is 5.76. The third-order valence-corrected chi connectivity index (χ3v) is 4.06. The van der Waals surface area contributed by atoms with Crippen LogP contribution >= 0.6 is 0 Å². The molecule has 0 bridgehead atoms. The summed E-state index contributed by atoms with van der Waals surface area (Å²) >= 11 is 0. The minimum Gasteiger partial charge on any atom is -0.406 e. The highest BCUT2D eigenvalue weighted by atomic mass is 19.4. The molecule has 0 unspecified atom stereocenters. The first-order chi connectivity index (χ1) is 11.5. The molecule has 0 fully saturated rings. The molecular weight excluding hydrogens is 319 g/mol. The van der Waals surface area contributed by atoms with Crippen molar-refractivity contribution in [1.29, 1.82) is 0 Å². The quantitative estimate of drug-likeness (QED) is 0.662. The largest absolute Gasteiger partial charge is 0.573 e. The molecule has 0 atom stereocenters.